The minimum atomic E-state index is -0.670. The van der Waals surface area contributed by atoms with Crippen molar-refractivity contribution in [1.82, 2.24) is 14.8 Å². The number of para-hydroxylation sites is 1. The summed E-state index contributed by atoms with van der Waals surface area (Å²) in [6.45, 7) is 1.94. The van der Waals surface area contributed by atoms with E-state index in [1.54, 1.807) is 31.6 Å². The number of carbonyl (C=O) groups is 1. The number of anilines is 1. The van der Waals surface area contributed by atoms with Crippen LogP contribution in [0.15, 0.2) is 78.2 Å². The number of amides is 1. The highest BCUT2D eigenvalue weighted by atomic mass is 19.1. The molecule has 0 aliphatic heterocycles. The molecule has 7 nitrogen and oxygen atoms in total. The molecule has 2 heterocycles. The Balaban J connectivity index is 1.46. The van der Waals surface area contributed by atoms with Crippen molar-refractivity contribution in [2.45, 2.75) is 13.5 Å². The highest BCUT2D eigenvalue weighted by molar-refractivity contribution is 6.07. The van der Waals surface area contributed by atoms with Crippen LogP contribution in [0.5, 0.6) is 0 Å². The number of aryl methyl sites for hydroxylation is 2. The Hall–Kier alpha value is -4.33. The fourth-order valence-corrected chi connectivity index (χ4v) is 3.36. The Kier molecular flexibility index (Phi) is 6.54. The van der Waals surface area contributed by atoms with Gasteiger partial charge < -0.3 is 10.2 Å². The zero-order valence-electron chi connectivity index (χ0n) is 18.2. The average Bonchev–Trinajstić information content (AvgIpc) is 3.09. The molecule has 166 valence electrons. The number of oxime groups is 1. The van der Waals surface area contributed by atoms with Gasteiger partial charge in [-0.25, -0.2) is 4.68 Å². The Morgan fingerprint density at radius 2 is 1.94 bits per heavy atom. The summed E-state index contributed by atoms with van der Waals surface area (Å²) in [6, 6.07) is 18.8. The number of nitrogens with zero attached hydrogens (tertiary/aromatic N) is 4. The number of nitrogens with one attached hydrogen (secondary N) is 1. The molecule has 0 bridgehead atoms. The first-order valence-corrected chi connectivity index (χ1v) is 10.3. The summed E-state index contributed by atoms with van der Waals surface area (Å²) in [7, 11) is 1.46. The Morgan fingerprint density at radius 1 is 1.15 bits per heavy atom. The van der Waals surface area contributed by atoms with Crippen molar-refractivity contribution in [1.29, 1.82) is 0 Å². The number of pyridine rings is 1. The average molecular weight is 443 g/mol. The van der Waals surface area contributed by atoms with Crippen LogP contribution in [0.3, 0.4) is 0 Å². The van der Waals surface area contributed by atoms with Gasteiger partial charge >= 0.3 is 0 Å². The summed E-state index contributed by atoms with van der Waals surface area (Å²) in [5.41, 5.74) is 4.34. The minimum absolute atomic E-state index is 0.0647. The van der Waals surface area contributed by atoms with Crippen molar-refractivity contribution < 1.29 is 14.0 Å². The number of rotatable bonds is 7. The van der Waals surface area contributed by atoms with Gasteiger partial charge in [-0.15, -0.1) is 0 Å². The predicted octanol–water partition coefficient (Wildman–Crippen LogP) is 4.73. The van der Waals surface area contributed by atoms with Crippen molar-refractivity contribution in [2.24, 2.45) is 12.2 Å². The van der Waals surface area contributed by atoms with Gasteiger partial charge in [0, 0.05) is 36.3 Å². The summed E-state index contributed by atoms with van der Waals surface area (Å²) >= 11 is 0. The molecule has 4 aromatic rings. The highest BCUT2D eigenvalue weighted by Gasteiger charge is 2.21. The maximum absolute atomic E-state index is 14.3. The molecule has 0 radical (unpaired) electrons. The van der Waals surface area contributed by atoms with Gasteiger partial charge in [-0.2, -0.15) is 9.49 Å². The maximum atomic E-state index is 14.3. The van der Waals surface area contributed by atoms with E-state index in [1.807, 2.05) is 54.6 Å². The van der Waals surface area contributed by atoms with Gasteiger partial charge in [0.25, 0.3) is 5.91 Å². The van der Waals surface area contributed by atoms with Crippen LogP contribution in [-0.4, -0.2) is 26.9 Å². The molecule has 0 fully saturated rings. The summed E-state index contributed by atoms with van der Waals surface area (Å²) < 4.78 is 15.3. The molecule has 0 aliphatic carbocycles. The summed E-state index contributed by atoms with van der Waals surface area (Å²) in [4.78, 5) is 22.1. The van der Waals surface area contributed by atoms with Gasteiger partial charge in [0.1, 0.15) is 12.2 Å². The fourth-order valence-electron chi connectivity index (χ4n) is 3.36. The van der Waals surface area contributed by atoms with Crippen LogP contribution in [0.1, 0.15) is 27.2 Å². The molecule has 33 heavy (non-hydrogen) atoms. The molecule has 0 saturated carbocycles. The SMILES string of the molecule is Cc1nn(C)c(F)c1C(=O)Nc1ccccc1-c1ccc(/C=N/OCc2cccnc2)cc1. The summed E-state index contributed by atoms with van der Waals surface area (Å²) in [5.74, 6) is -1.21. The zero-order chi connectivity index (χ0) is 23.2. The van der Waals surface area contributed by atoms with Crippen LogP contribution < -0.4 is 5.32 Å². The van der Waals surface area contributed by atoms with Gasteiger partial charge in [0.2, 0.25) is 5.95 Å². The lowest BCUT2D eigenvalue weighted by Crippen LogP contribution is -2.15. The van der Waals surface area contributed by atoms with Crippen LogP contribution in [-0.2, 0) is 18.5 Å². The molecule has 1 N–H and O–H groups in total. The third-order valence-corrected chi connectivity index (χ3v) is 5.01. The van der Waals surface area contributed by atoms with Crippen LogP contribution in [0.4, 0.5) is 10.1 Å². The molecule has 2 aromatic heterocycles. The first-order valence-electron chi connectivity index (χ1n) is 10.3. The lowest BCUT2D eigenvalue weighted by atomic mass is 10.0. The number of hydrogen-bond acceptors (Lipinski definition) is 5. The predicted molar refractivity (Wildman–Crippen MR) is 124 cm³/mol. The molecule has 2 aromatic carbocycles. The van der Waals surface area contributed by atoms with E-state index in [-0.39, 0.29) is 5.56 Å². The first-order chi connectivity index (χ1) is 16.0. The molecule has 0 saturated heterocycles. The second-order valence-corrected chi connectivity index (χ2v) is 7.37. The molecule has 0 aliphatic rings. The quantitative estimate of drug-likeness (QED) is 0.331. The Morgan fingerprint density at radius 3 is 2.64 bits per heavy atom. The lowest BCUT2D eigenvalue weighted by molar-refractivity contribution is 0.102. The Bertz CT molecular complexity index is 1280. The van der Waals surface area contributed by atoms with E-state index in [0.717, 1.165) is 26.9 Å². The summed E-state index contributed by atoms with van der Waals surface area (Å²) in [5, 5.41) is 10.8. The van der Waals surface area contributed by atoms with Gasteiger partial charge in [-0.3, -0.25) is 9.78 Å². The summed E-state index contributed by atoms with van der Waals surface area (Å²) in [6.07, 6.45) is 5.06. The van der Waals surface area contributed by atoms with E-state index in [1.165, 1.54) is 7.05 Å². The Labute approximate surface area is 190 Å². The molecular weight excluding hydrogens is 421 g/mol. The molecule has 8 heteroatoms. The number of benzene rings is 2. The molecule has 1 amide bonds. The van der Waals surface area contributed by atoms with E-state index in [2.05, 4.69) is 20.6 Å². The number of aromatic nitrogens is 3. The molecule has 0 atom stereocenters. The van der Waals surface area contributed by atoms with Crippen molar-refractivity contribution in [3.63, 3.8) is 0 Å². The monoisotopic (exact) mass is 443 g/mol. The molecule has 0 spiro atoms. The van der Waals surface area contributed by atoms with Crippen LogP contribution >= 0.6 is 0 Å². The number of hydrogen-bond donors (Lipinski definition) is 1. The smallest absolute Gasteiger partial charge is 0.262 e. The minimum Gasteiger partial charge on any atom is -0.391 e. The topological polar surface area (TPSA) is 81.4 Å². The van der Waals surface area contributed by atoms with Crippen molar-refractivity contribution in [2.75, 3.05) is 5.32 Å². The third kappa shape index (κ3) is 5.12. The van der Waals surface area contributed by atoms with Crippen LogP contribution in [0, 0.1) is 12.9 Å². The maximum Gasteiger partial charge on any atom is 0.262 e. The second kappa shape index (κ2) is 9.86. The normalized spacial score (nSPS) is 11.0. The highest BCUT2D eigenvalue weighted by Crippen LogP contribution is 2.28. The van der Waals surface area contributed by atoms with E-state index in [4.69, 9.17) is 4.84 Å². The van der Waals surface area contributed by atoms with Gasteiger partial charge in [0.15, 0.2) is 0 Å². The second-order valence-electron chi connectivity index (χ2n) is 7.37. The van der Waals surface area contributed by atoms with E-state index >= 15 is 0 Å². The molecular formula is C25H22FN5O2. The first kappa shape index (κ1) is 21.9. The molecule has 4 rings (SSSR count). The largest absolute Gasteiger partial charge is 0.391 e. The van der Waals surface area contributed by atoms with Crippen LogP contribution in [0.2, 0.25) is 0 Å². The lowest BCUT2D eigenvalue weighted by Gasteiger charge is -2.11. The van der Waals surface area contributed by atoms with Crippen molar-refractivity contribution in [3.05, 3.63) is 101 Å². The molecule has 0 unspecified atom stereocenters. The van der Waals surface area contributed by atoms with Gasteiger partial charge in [-0.1, -0.05) is 53.7 Å². The van der Waals surface area contributed by atoms with E-state index in [0.29, 0.717) is 18.0 Å². The van der Waals surface area contributed by atoms with E-state index < -0.39 is 11.9 Å². The number of carbonyl (C=O) groups excluding carboxylic acids is 1. The zero-order valence-corrected chi connectivity index (χ0v) is 18.2. The fraction of sp³-hybridized carbons (Fsp3) is 0.120. The van der Waals surface area contributed by atoms with E-state index in [9.17, 15) is 9.18 Å². The van der Waals surface area contributed by atoms with Crippen molar-refractivity contribution in [3.8, 4) is 11.1 Å². The van der Waals surface area contributed by atoms with Crippen LogP contribution in [0.25, 0.3) is 11.1 Å². The standard InChI is InChI=1S/C25H22FN5O2/c1-17-23(24(26)31(2)30-17)25(32)29-22-8-4-3-7-21(22)20-11-9-18(10-12-20)15-28-33-16-19-6-5-13-27-14-19/h3-15H,16H2,1-2H3,(H,29,32)/b28-15+. The third-order valence-electron chi connectivity index (χ3n) is 5.01. The van der Waals surface area contributed by atoms with Gasteiger partial charge in [0.05, 0.1) is 11.9 Å². The number of halogens is 1. The van der Waals surface area contributed by atoms with Crippen molar-refractivity contribution >= 4 is 17.8 Å². The van der Waals surface area contributed by atoms with Gasteiger partial charge in [-0.05, 0) is 30.2 Å².